The van der Waals surface area contributed by atoms with Gasteiger partial charge in [0.2, 0.25) is 0 Å². The number of nitrogens with zero attached hydrogens (tertiary/aromatic N) is 2. The average Bonchev–Trinajstić information content (AvgIpc) is 2.96. The minimum Gasteiger partial charge on any atom is -0.462 e. The summed E-state index contributed by atoms with van der Waals surface area (Å²) in [6.07, 6.45) is 0. The molecule has 1 aliphatic rings. The van der Waals surface area contributed by atoms with Crippen molar-refractivity contribution in [1.29, 1.82) is 5.26 Å². The summed E-state index contributed by atoms with van der Waals surface area (Å²) in [6.45, 7) is 2.81. The molecule has 0 spiro atoms. The van der Waals surface area contributed by atoms with Gasteiger partial charge in [-0.2, -0.15) is 5.26 Å². The zero-order valence-electron chi connectivity index (χ0n) is 11.5. The van der Waals surface area contributed by atoms with E-state index < -0.39 is 5.97 Å². The largest absolute Gasteiger partial charge is 0.462 e. The van der Waals surface area contributed by atoms with Crippen LogP contribution in [0.5, 0.6) is 0 Å². The maximum Gasteiger partial charge on any atom is 0.339 e. The van der Waals surface area contributed by atoms with Gasteiger partial charge >= 0.3 is 5.97 Å². The first-order valence-electron chi connectivity index (χ1n) is 6.55. The Hall–Kier alpha value is -2.65. The van der Waals surface area contributed by atoms with E-state index in [2.05, 4.69) is 4.98 Å². The smallest absolute Gasteiger partial charge is 0.339 e. The van der Waals surface area contributed by atoms with Crippen molar-refractivity contribution in [2.75, 3.05) is 12.3 Å². The third-order valence-electron chi connectivity index (χ3n) is 3.48. The fraction of sp³-hybridized carbons (Fsp3) is 0.267. The van der Waals surface area contributed by atoms with Crippen LogP contribution in [-0.4, -0.2) is 17.6 Å². The quantitative estimate of drug-likeness (QED) is 0.845. The monoisotopic (exact) mass is 283 g/mol. The minimum absolute atomic E-state index is 0.228. The van der Waals surface area contributed by atoms with Gasteiger partial charge in [0.25, 0.3) is 0 Å². The standard InChI is InChI=1S/C15H13N3O3/c1-2-21-15(19)9-4-10-11-6-20-7-12(11)14(17)18-13(10)3-8(9)5-16/h3-4H,2,6-7H2,1H3,(H2,17,18). The number of pyridine rings is 1. The Labute approximate surface area is 121 Å². The first-order valence-corrected chi connectivity index (χ1v) is 6.55. The molecule has 0 saturated carbocycles. The van der Waals surface area contributed by atoms with Gasteiger partial charge in [-0.25, -0.2) is 9.78 Å². The highest BCUT2D eigenvalue weighted by atomic mass is 16.5. The van der Waals surface area contributed by atoms with Gasteiger partial charge in [0.05, 0.1) is 36.5 Å². The van der Waals surface area contributed by atoms with Crippen molar-refractivity contribution in [2.45, 2.75) is 20.1 Å². The maximum atomic E-state index is 12.0. The Morgan fingerprint density at radius 2 is 2.24 bits per heavy atom. The fourth-order valence-corrected chi connectivity index (χ4v) is 2.49. The topological polar surface area (TPSA) is 98.2 Å². The molecule has 6 nitrogen and oxygen atoms in total. The molecule has 0 unspecified atom stereocenters. The van der Waals surface area contributed by atoms with Crippen molar-refractivity contribution in [2.24, 2.45) is 0 Å². The molecule has 21 heavy (non-hydrogen) atoms. The van der Waals surface area contributed by atoms with Crippen LogP contribution in [0.15, 0.2) is 12.1 Å². The summed E-state index contributed by atoms with van der Waals surface area (Å²) >= 11 is 0. The molecular weight excluding hydrogens is 270 g/mol. The normalized spacial score (nSPS) is 13.0. The van der Waals surface area contributed by atoms with Crippen molar-refractivity contribution in [1.82, 2.24) is 4.98 Å². The van der Waals surface area contributed by atoms with Crippen LogP contribution in [0.2, 0.25) is 0 Å². The number of anilines is 1. The maximum absolute atomic E-state index is 12.0. The summed E-state index contributed by atoms with van der Waals surface area (Å²) in [6, 6.07) is 5.21. The second-order valence-electron chi connectivity index (χ2n) is 4.69. The van der Waals surface area contributed by atoms with Gasteiger partial charge in [0.15, 0.2) is 0 Å². The molecule has 0 saturated heterocycles. The minimum atomic E-state index is -0.513. The molecule has 1 aromatic heterocycles. The SMILES string of the molecule is CCOC(=O)c1cc2c3c(c(N)nc2cc1C#N)COC3. The molecule has 0 bridgehead atoms. The van der Waals surface area contributed by atoms with E-state index in [0.29, 0.717) is 24.5 Å². The van der Waals surface area contributed by atoms with Crippen LogP contribution >= 0.6 is 0 Å². The molecule has 3 rings (SSSR count). The molecule has 0 atom stereocenters. The number of carbonyl (C=O) groups excluding carboxylic acids is 1. The van der Waals surface area contributed by atoms with Crippen molar-refractivity contribution >= 4 is 22.7 Å². The van der Waals surface area contributed by atoms with Gasteiger partial charge in [-0.15, -0.1) is 0 Å². The highest BCUT2D eigenvalue weighted by Crippen LogP contribution is 2.32. The summed E-state index contributed by atoms with van der Waals surface area (Å²) < 4.78 is 10.4. The number of fused-ring (bicyclic) bond motifs is 3. The van der Waals surface area contributed by atoms with E-state index in [-0.39, 0.29) is 17.7 Å². The molecule has 2 heterocycles. The van der Waals surface area contributed by atoms with Crippen LogP contribution in [0, 0.1) is 11.3 Å². The van der Waals surface area contributed by atoms with Gasteiger partial charge in [-0.05, 0) is 24.6 Å². The number of benzene rings is 1. The van der Waals surface area contributed by atoms with Gasteiger partial charge in [-0.1, -0.05) is 0 Å². The molecule has 1 aliphatic heterocycles. The third-order valence-corrected chi connectivity index (χ3v) is 3.48. The lowest BCUT2D eigenvalue weighted by Gasteiger charge is -2.10. The first kappa shape index (κ1) is 13.3. The number of nitrogen functional groups attached to an aromatic ring is 1. The van der Waals surface area contributed by atoms with Crippen LogP contribution in [0.4, 0.5) is 5.82 Å². The molecule has 0 fully saturated rings. The van der Waals surface area contributed by atoms with E-state index in [0.717, 1.165) is 16.5 Å². The summed E-state index contributed by atoms with van der Waals surface area (Å²) in [5, 5.41) is 9.99. The lowest BCUT2D eigenvalue weighted by molar-refractivity contribution is 0.0526. The van der Waals surface area contributed by atoms with Crippen LogP contribution in [0.1, 0.15) is 34.0 Å². The summed E-state index contributed by atoms with van der Waals surface area (Å²) in [5.41, 5.74) is 8.74. The summed E-state index contributed by atoms with van der Waals surface area (Å²) in [5.74, 6) is -0.108. The van der Waals surface area contributed by atoms with E-state index >= 15 is 0 Å². The van der Waals surface area contributed by atoms with Crippen LogP contribution in [0.3, 0.4) is 0 Å². The lowest BCUT2D eigenvalue weighted by Crippen LogP contribution is -2.08. The predicted octanol–water partition coefficient (Wildman–Crippen LogP) is 1.90. The number of rotatable bonds is 2. The molecule has 106 valence electrons. The van der Waals surface area contributed by atoms with Crippen molar-refractivity contribution in [3.05, 3.63) is 34.4 Å². The number of hydrogen-bond donors (Lipinski definition) is 1. The average molecular weight is 283 g/mol. The third kappa shape index (κ3) is 2.08. The van der Waals surface area contributed by atoms with Crippen LogP contribution < -0.4 is 5.73 Å². The molecular formula is C15H13N3O3. The summed E-state index contributed by atoms with van der Waals surface area (Å²) in [7, 11) is 0. The molecule has 0 amide bonds. The van der Waals surface area contributed by atoms with Gasteiger partial charge in [-0.3, -0.25) is 0 Å². The van der Waals surface area contributed by atoms with Gasteiger partial charge in [0.1, 0.15) is 11.9 Å². The molecule has 0 radical (unpaired) electrons. The Bertz CT molecular complexity index is 793. The highest BCUT2D eigenvalue weighted by Gasteiger charge is 2.22. The van der Waals surface area contributed by atoms with E-state index in [4.69, 9.17) is 15.2 Å². The van der Waals surface area contributed by atoms with Crippen molar-refractivity contribution in [3.8, 4) is 6.07 Å². The van der Waals surface area contributed by atoms with Gasteiger partial charge < -0.3 is 15.2 Å². The van der Waals surface area contributed by atoms with E-state index in [1.807, 2.05) is 6.07 Å². The Balaban J connectivity index is 2.28. The predicted molar refractivity (Wildman–Crippen MR) is 75.3 cm³/mol. The van der Waals surface area contributed by atoms with E-state index in [9.17, 15) is 10.1 Å². The Morgan fingerprint density at radius 1 is 1.48 bits per heavy atom. The number of nitrogens with two attached hydrogens (primary N) is 1. The van der Waals surface area contributed by atoms with Crippen molar-refractivity contribution < 1.29 is 14.3 Å². The van der Waals surface area contributed by atoms with Gasteiger partial charge in [0, 0.05) is 10.9 Å². The van der Waals surface area contributed by atoms with Crippen molar-refractivity contribution in [3.63, 3.8) is 0 Å². The second-order valence-corrected chi connectivity index (χ2v) is 4.69. The fourth-order valence-electron chi connectivity index (χ4n) is 2.49. The first-order chi connectivity index (χ1) is 10.2. The number of aromatic nitrogens is 1. The number of carbonyl (C=O) groups is 1. The Kier molecular flexibility index (Phi) is 3.20. The molecule has 2 aromatic rings. The zero-order valence-corrected chi connectivity index (χ0v) is 11.5. The zero-order chi connectivity index (χ0) is 15.0. The second kappa shape index (κ2) is 5.04. The Morgan fingerprint density at radius 3 is 2.95 bits per heavy atom. The van der Waals surface area contributed by atoms with Crippen LogP contribution in [0.25, 0.3) is 10.9 Å². The van der Waals surface area contributed by atoms with E-state index in [1.54, 1.807) is 19.1 Å². The summed E-state index contributed by atoms with van der Waals surface area (Å²) in [4.78, 5) is 16.3. The molecule has 1 aromatic carbocycles. The number of hydrogen-bond acceptors (Lipinski definition) is 6. The number of esters is 1. The van der Waals surface area contributed by atoms with E-state index in [1.165, 1.54) is 0 Å². The molecule has 0 aliphatic carbocycles. The number of nitriles is 1. The molecule has 6 heteroatoms. The highest BCUT2D eigenvalue weighted by molar-refractivity contribution is 5.99. The van der Waals surface area contributed by atoms with Crippen LogP contribution in [-0.2, 0) is 22.7 Å². The lowest BCUT2D eigenvalue weighted by atomic mass is 9.99. The number of ether oxygens (including phenoxy) is 2. The molecule has 2 N–H and O–H groups in total.